The SMILES string of the molecule is O=C(NC(CCl)c1ccccc1)c1c(F)cccc1Cl. The minimum Gasteiger partial charge on any atom is -0.344 e. The van der Waals surface area contributed by atoms with E-state index in [1.807, 2.05) is 30.3 Å². The molecule has 2 aromatic carbocycles. The van der Waals surface area contributed by atoms with Crippen molar-refractivity contribution in [3.8, 4) is 0 Å². The lowest BCUT2D eigenvalue weighted by Crippen LogP contribution is -2.30. The molecule has 2 nitrogen and oxygen atoms in total. The zero-order valence-electron chi connectivity index (χ0n) is 10.4. The molecule has 1 amide bonds. The summed E-state index contributed by atoms with van der Waals surface area (Å²) >= 11 is 11.7. The largest absolute Gasteiger partial charge is 0.344 e. The van der Waals surface area contributed by atoms with Gasteiger partial charge >= 0.3 is 0 Å². The maximum Gasteiger partial charge on any atom is 0.256 e. The Hall–Kier alpha value is -1.58. The zero-order valence-corrected chi connectivity index (χ0v) is 12.0. The maximum atomic E-state index is 13.7. The number of carbonyl (C=O) groups excluding carboxylic acids is 1. The normalized spacial score (nSPS) is 11.9. The van der Waals surface area contributed by atoms with Crippen molar-refractivity contribution in [2.24, 2.45) is 0 Å². The van der Waals surface area contributed by atoms with Crippen molar-refractivity contribution in [3.05, 3.63) is 70.5 Å². The van der Waals surface area contributed by atoms with Gasteiger partial charge in [0.05, 0.1) is 16.6 Å². The Morgan fingerprint density at radius 3 is 2.45 bits per heavy atom. The Morgan fingerprint density at radius 1 is 1.15 bits per heavy atom. The van der Waals surface area contributed by atoms with Crippen molar-refractivity contribution in [3.63, 3.8) is 0 Å². The lowest BCUT2D eigenvalue weighted by Gasteiger charge is -2.17. The fourth-order valence-electron chi connectivity index (χ4n) is 1.84. The molecule has 0 heterocycles. The summed E-state index contributed by atoms with van der Waals surface area (Å²) in [5.74, 6) is -1.05. The maximum absolute atomic E-state index is 13.7. The number of carbonyl (C=O) groups is 1. The average Bonchev–Trinajstić information content (AvgIpc) is 2.45. The molecular weight excluding hydrogens is 300 g/mol. The van der Waals surface area contributed by atoms with Crippen LogP contribution in [0.15, 0.2) is 48.5 Å². The van der Waals surface area contributed by atoms with Gasteiger partial charge in [0.1, 0.15) is 5.82 Å². The molecule has 0 saturated carbocycles. The molecule has 0 aliphatic carbocycles. The van der Waals surface area contributed by atoms with Gasteiger partial charge in [-0.2, -0.15) is 0 Å². The summed E-state index contributed by atoms with van der Waals surface area (Å²) in [5, 5.41) is 2.76. The van der Waals surface area contributed by atoms with Gasteiger partial charge in [-0.25, -0.2) is 4.39 Å². The topological polar surface area (TPSA) is 29.1 Å². The molecule has 0 aliphatic heterocycles. The second-order valence-electron chi connectivity index (χ2n) is 4.19. The van der Waals surface area contributed by atoms with Crippen LogP contribution in [0, 0.1) is 5.82 Å². The summed E-state index contributed by atoms with van der Waals surface area (Å²) in [6.45, 7) is 0. The van der Waals surface area contributed by atoms with Gasteiger partial charge in [-0.3, -0.25) is 4.79 Å². The smallest absolute Gasteiger partial charge is 0.256 e. The van der Waals surface area contributed by atoms with Gasteiger partial charge < -0.3 is 5.32 Å². The molecule has 0 bridgehead atoms. The van der Waals surface area contributed by atoms with E-state index in [0.29, 0.717) is 0 Å². The number of hydrogen-bond donors (Lipinski definition) is 1. The standard InChI is InChI=1S/C15H12Cl2FNO/c16-9-13(10-5-2-1-3-6-10)19-15(20)14-11(17)7-4-8-12(14)18/h1-8,13H,9H2,(H,19,20). The second kappa shape index (κ2) is 6.73. The number of halogens is 3. The first-order chi connectivity index (χ1) is 9.63. The molecule has 2 rings (SSSR count). The zero-order chi connectivity index (χ0) is 14.5. The van der Waals surface area contributed by atoms with Crippen molar-refractivity contribution in [1.82, 2.24) is 5.32 Å². The van der Waals surface area contributed by atoms with Crippen molar-refractivity contribution in [2.45, 2.75) is 6.04 Å². The summed E-state index contributed by atoms with van der Waals surface area (Å²) < 4.78 is 13.7. The van der Waals surface area contributed by atoms with Crippen molar-refractivity contribution < 1.29 is 9.18 Å². The van der Waals surface area contributed by atoms with Crippen LogP contribution in [0.3, 0.4) is 0 Å². The molecule has 1 N–H and O–H groups in total. The Balaban J connectivity index is 2.22. The van der Waals surface area contributed by atoms with Crippen LogP contribution in [-0.4, -0.2) is 11.8 Å². The summed E-state index contributed by atoms with van der Waals surface area (Å²) in [4.78, 5) is 12.1. The van der Waals surface area contributed by atoms with Crippen LogP contribution in [0.25, 0.3) is 0 Å². The molecular formula is C15H12Cl2FNO. The van der Waals surface area contributed by atoms with Crippen LogP contribution in [0.2, 0.25) is 5.02 Å². The summed E-state index contributed by atoms with van der Waals surface area (Å²) in [6, 6.07) is 13.0. The van der Waals surface area contributed by atoms with Crippen LogP contribution < -0.4 is 5.32 Å². The van der Waals surface area contributed by atoms with Crippen LogP contribution in [0.1, 0.15) is 22.0 Å². The number of amides is 1. The van der Waals surface area contributed by atoms with Gasteiger partial charge in [-0.05, 0) is 17.7 Å². The van der Waals surface area contributed by atoms with Gasteiger partial charge in [0.15, 0.2) is 0 Å². The van der Waals surface area contributed by atoms with Gasteiger partial charge in [0, 0.05) is 5.88 Å². The predicted octanol–water partition coefficient (Wildman–Crippen LogP) is 4.19. The monoisotopic (exact) mass is 311 g/mol. The first-order valence-electron chi connectivity index (χ1n) is 5.99. The third kappa shape index (κ3) is 3.30. The van der Waals surface area contributed by atoms with Crippen LogP contribution in [0.5, 0.6) is 0 Å². The van der Waals surface area contributed by atoms with Crippen molar-refractivity contribution in [2.75, 3.05) is 5.88 Å². The second-order valence-corrected chi connectivity index (χ2v) is 4.90. The third-order valence-corrected chi connectivity index (χ3v) is 3.47. The predicted molar refractivity (Wildman–Crippen MR) is 78.8 cm³/mol. The highest BCUT2D eigenvalue weighted by Crippen LogP contribution is 2.21. The quantitative estimate of drug-likeness (QED) is 0.843. The molecule has 20 heavy (non-hydrogen) atoms. The Morgan fingerprint density at radius 2 is 1.85 bits per heavy atom. The Kier molecular flexibility index (Phi) is 4.99. The molecule has 0 radical (unpaired) electrons. The lowest BCUT2D eigenvalue weighted by atomic mass is 10.1. The van der Waals surface area contributed by atoms with E-state index in [4.69, 9.17) is 23.2 Å². The van der Waals surface area contributed by atoms with E-state index in [1.165, 1.54) is 18.2 Å². The first-order valence-corrected chi connectivity index (χ1v) is 6.90. The van der Waals surface area contributed by atoms with Crippen molar-refractivity contribution >= 4 is 29.1 Å². The van der Waals surface area contributed by atoms with E-state index in [1.54, 1.807) is 0 Å². The highest BCUT2D eigenvalue weighted by atomic mass is 35.5. The highest BCUT2D eigenvalue weighted by molar-refractivity contribution is 6.33. The van der Waals surface area contributed by atoms with Gasteiger partial charge in [0.25, 0.3) is 5.91 Å². The Labute approximate surface area is 126 Å². The first kappa shape index (κ1) is 14.8. The number of nitrogens with one attached hydrogen (secondary N) is 1. The number of hydrogen-bond acceptors (Lipinski definition) is 1. The minimum absolute atomic E-state index is 0.0730. The molecule has 0 aliphatic rings. The highest BCUT2D eigenvalue weighted by Gasteiger charge is 2.19. The van der Waals surface area contributed by atoms with E-state index in [9.17, 15) is 9.18 Å². The average molecular weight is 312 g/mol. The molecule has 5 heteroatoms. The minimum atomic E-state index is -0.656. The third-order valence-electron chi connectivity index (χ3n) is 2.85. The summed E-state index contributed by atoms with van der Waals surface area (Å²) in [6.07, 6.45) is 0. The van der Waals surface area contributed by atoms with E-state index in [-0.39, 0.29) is 16.5 Å². The fourth-order valence-corrected chi connectivity index (χ4v) is 2.35. The van der Waals surface area contributed by atoms with Crippen molar-refractivity contribution in [1.29, 1.82) is 0 Å². The van der Waals surface area contributed by atoms with E-state index < -0.39 is 17.8 Å². The van der Waals surface area contributed by atoms with Gasteiger partial charge in [-0.15, -0.1) is 11.6 Å². The molecule has 0 aromatic heterocycles. The molecule has 0 spiro atoms. The molecule has 2 aromatic rings. The number of rotatable bonds is 4. The number of benzene rings is 2. The summed E-state index contributed by atoms with van der Waals surface area (Å²) in [7, 11) is 0. The molecule has 0 saturated heterocycles. The van der Waals surface area contributed by atoms with Gasteiger partial charge in [0.2, 0.25) is 0 Å². The van der Waals surface area contributed by atoms with Crippen LogP contribution in [0.4, 0.5) is 4.39 Å². The molecule has 104 valence electrons. The molecule has 1 unspecified atom stereocenters. The van der Waals surface area contributed by atoms with E-state index in [2.05, 4.69) is 5.32 Å². The Bertz CT molecular complexity index is 584. The van der Waals surface area contributed by atoms with Crippen LogP contribution in [-0.2, 0) is 0 Å². The molecule has 1 atom stereocenters. The molecule has 0 fully saturated rings. The lowest BCUT2D eigenvalue weighted by molar-refractivity contribution is 0.0936. The van der Waals surface area contributed by atoms with E-state index in [0.717, 1.165) is 5.56 Å². The fraction of sp³-hybridized carbons (Fsp3) is 0.133. The van der Waals surface area contributed by atoms with Crippen LogP contribution >= 0.6 is 23.2 Å². The van der Waals surface area contributed by atoms with E-state index >= 15 is 0 Å². The number of alkyl halides is 1. The summed E-state index contributed by atoms with van der Waals surface area (Å²) in [5.41, 5.74) is 0.684. The van der Waals surface area contributed by atoms with Gasteiger partial charge in [-0.1, -0.05) is 48.0 Å².